The van der Waals surface area contributed by atoms with Crippen LogP contribution in [0.5, 0.6) is 0 Å². The fraction of sp³-hybridized carbons (Fsp3) is 0.438. The van der Waals surface area contributed by atoms with E-state index in [0.717, 1.165) is 10.7 Å². The molecule has 1 unspecified atom stereocenters. The van der Waals surface area contributed by atoms with Crippen LogP contribution in [0.25, 0.3) is 0 Å². The van der Waals surface area contributed by atoms with Gasteiger partial charge in [-0.1, -0.05) is 38.1 Å². The first-order valence-corrected chi connectivity index (χ1v) is 7.74. The quantitative estimate of drug-likeness (QED) is 0.880. The van der Waals surface area contributed by atoms with Crippen LogP contribution in [0.2, 0.25) is 0 Å². The second kappa shape index (κ2) is 6.97. The highest BCUT2D eigenvalue weighted by Gasteiger charge is 2.19. The van der Waals surface area contributed by atoms with Crippen LogP contribution in [0.4, 0.5) is 0 Å². The number of aromatic nitrogens is 1. The molecule has 1 atom stereocenters. The van der Waals surface area contributed by atoms with E-state index in [2.05, 4.69) is 42.7 Å². The molecular weight excluding hydrogens is 268 g/mol. The van der Waals surface area contributed by atoms with E-state index in [9.17, 15) is 0 Å². The highest BCUT2D eigenvalue weighted by molar-refractivity contribution is 7.09. The topological polar surface area (TPSA) is 34.2 Å². The minimum Gasteiger partial charge on any atom is -0.380 e. The Kier molecular flexibility index (Phi) is 5.29. The lowest BCUT2D eigenvalue weighted by molar-refractivity contribution is 0.184. The van der Waals surface area contributed by atoms with Crippen molar-refractivity contribution in [3.8, 4) is 0 Å². The van der Waals surface area contributed by atoms with Gasteiger partial charge < -0.3 is 10.1 Å². The second-order valence-corrected chi connectivity index (χ2v) is 6.01. The molecule has 4 heteroatoms. The Morgan fingerprint density at radius 3 is 2.65 bits per heavy atom. The average Bonchev–Trinajstić information content (AvgIpc) is 2.92. The van der Waals surface area contributed by atoms with Gasteiger partial charge in [0, 0.05) is 12.5 Å². The summed E-state index contributed by atoms with van der Waals surface area (Å²) < 4.78 is 5.30. The molecule has 0 aliphatic heterocycles. The Balaban J connectivity index is 2.36. The van der Waals surface area contributed by atoms with Crippen LogP contribution < -0.4 is 5.32 Å². The van der Waals surface area contributed by atoms with Gasteiger partial charge >= 0.3 is 0 Å². The molecule has 0 radical (unpaired) electrons. The number of thiazole rings is 1. The lowest BCUT2D eigenvalue weighted by atomic mass is 10.0. The van der Waals surface area contributed by atoms with E-state index in [-0.39, 0.29) is 6.04 Å². The predicted molar refractivity (Wildman–Crippen MR) is 84.3 cm³/mol. The maximum absolute atomic E-state index is 5.30. The van der Waals surface area contributed by atoms with Gasteiger partial charge in [0.2, 0.25) is 0 Å². The lowest BCUT2D eigenvalue weighted by Gasteiger charge is -2.18. The smallest absolute Gasteiger partial charge is 0.114 e. The molecule has 0 saturated carbocycles. The first-order valence-electron chi connectivity index (χ1n) is 6.86. The van der Waals surface area contributed by atoms with Crippen molar-refractivity contribution >= 4 is 11.3 Å². The summed E-state index contributed by atoms with van der Waals surface area (Å²) in [6.07, 6.45) is 0. The minimum absolute atomic E-state index is 0.124. The third kappa shape index (κ3) is 3.26. The Morgan fingerprint density at radius 1 is 1.30 bits per heavy atom. The number of benzene rings is 1. The van der Waals surface area contributed by atoms with Crippen LogP contribution in [0, 0.1) is 0 Å². The van der Waals surface area contributed by atoms with E-state index in [4.69, 9.17) is 9.72 Å². The summed E-state index contributed by atoms with van der Waals surface area (Å²) in [6, 6.07) is 8.49. The van der Waals surface area contributed by atoms with Gasteiger partial charge in [-0.05, 0) is 24.1 Å². The standard InChI is InChI=1S/C16H22N2OS/c1-11(2)14-10-20-16(18-14)15(17-3)13-8-6-5-7-12(13)9-19-4/h5-8,10-11,15,17H,9H2,1-4H3. The number of nitrogens with one attached hydrogen (secondary N) is 1. The number of rotatable bonds is 6. The summed E-state index contributed by atoms with van der Waals surface area (Å²) >= 11 is 1.72. The van der Waals surface area contributed by atoms with E-state index in [0.29, 0.717) is 12.5 Å². The van der Waals surface area contributed by atoms with Crippen molar-refractivity contribution in [1.29, 1.82) is 0 Å². The number of hydrogen-bond acceptors (Lipinski definition) is 4. The normalized spacial score (nSPS) is 12.8. The molecular formula is C16H22N2OS. The van der Waals surface area contributed by atoms with Gasteiger partial charge in [-0.15, -0.1) is 11.3 Å². The Morgan fingerprint density at radius 2 is 2.05 bits per heavy atom. The first-order chi connectivity index (χ1) is 9.67. The molecule has 0 amide bonds. The van der Waals surface area contributed by atoms with E-state index < -0.39 is 0 Å². The molecule has 0 spiro atoms. The summed E-state index contributed by atoms with van der Waals surface area (Å²) in [5.74, 6) is 0.465. The molecule has 1 heterocycles. The van der Waals surface area contributed by atoms with E-state index in [1.165, 1.54) is 11.1 Å². The van der Waals surface area contributed by atoms with Crippen LogP contribution in [-0.4, -0.2) is 19.1 Å². The maximum atomic E-state index is 5.30. The van der Waals surface area contributed by atoms with Crippen LogP contribution in [0.3, 0.4) is 0 Å². The Bertz CT molecular complexity index is 551. The van der Waals surface area contributed by atoms with Crippen molar-refractivity contribution < 1.29 is 4.74 Å². The molecule has 0 aliphatic rings. The summed E-state index contributed by atoms with van der Waals surface area (Å²) in [5.41, 5.74) is 3.60. The average molecular weight is 290 g/mol. The molecule has 108 valence electrons. The largest absolute Gasteiger partial charge is 0.380 e. The molecule has 3 nitrogen and oxygen atoms in total. The minimum atomic E-state index is 0.124. The van der Waals surface area contributed by atoms with Crippen molar-refractivity contribution in [3.05, 3.63) is 51.5 Å². The van der Waals surface area contributed by atoms with Crippen molar-refractivity contribution in [1.82, 2.24) is 10.3 Å². The van der Waals surface area contributed by atoms with Crippen LogP contribution >= 0.6 is 11.3 Å². The van der Waals surface area contributed by atoms with Gasteiger partial charge in [0.15, 0.2) is 0 Å². The van der Waals surface area contributed by atoms with Crippen molar-refractivity contribution in [3.63, 3.8) is 0 Å². The zero-order valence-corrected chi connectivity index (χ0v) is 13.3. The van der Waals surface area contributed by atoms with Gasteiger partial charge in [-0.25, -0.2) is 4.98 Å². The number of hydrogen-bond donors (Lipinski definition) is 1. The van der Waals surface area contributed by atoms with E-state index >= 15 is 0 Å². The zero-order chi connectivity index (χ0) is 14.5. The number of ether oxygens (including phenoxy) is 1. The molecule has 1 N–H and O–H groups in total. The fourth-order valence-corrected chi connectivity index (χ4v) is 3.32. The van der Waals surface area contributed by atoms with Gasteiger partial charge in [0.05, 0.1) is 18.3 Å². The Hall–Kier alpha value is -1.23. The summed E-state index contributed by atoms with van der Waals surface area (Å²) in [7, 11) is 3.70. The molecule has 2 rings (SSSR count). The lowest BCUT2D eigenvalue weighted by Crippen LogP contribution is -2.19. The summed E-state index contributed by atoms with van der Waals surface area (Å²) in [4.78, 5) is 4.77. The third-order valence-corrected chi connectivity index (χ3v) is 4.26. The maximum Gasteiger partial charge on any atom is 0.114 e. The monoisotopic (exact) mass is 290 g/mol. The first kappa shape index (κ1) is 15.2. The van der Waals surface area contributed by atoms with Gasteiger partial charge in [0.25, 0.3) is 0 Å². The highest BCUT2D eigenvalue weighted by Crippen LogP contribution is 2.29. The second-order valence-electron chi connectivity index (χ2n) is 5.12. The van der Waals surface area contributed by atoms with Crippen molar-refractivity contribution in [2.75, 3.05) is 14.2 Å². The molecule has 1 aromatic carbocycles. The van der Waals surface area contributed by atoms with Crippen molar-refractivity contribution in [2.45, 2.75) is 32.4 Å². The molecule has 0 saturated heterocycles. The SMILES string of the molecule is CNC(c1nc(C(C)C)cs1)c1ccccc1COC. The van der Waals surface area contributed by atoms with Crippen LogP contribution in [0.15, 0.2) is 29.6 Å². The molecule has 0 bridgehead atoms. The molecule has 1 aromatic heterocycles. The van der Waals surface area contributed by atoms with Crippen LogP contribution in [-0.2, 0) is 11.3 Å². The molecule has 0 aliphatic carbocycles. The van der Waals surface area contributed by atoms with E-state index in [1.807, 2.05) is 13.1 Å². The molecule has 2 aromatic rings. The highest BCUT2D eigenvalue weighted by atomic mass is 32.1. The zero-order valence-electron chi connectivity index (χ0n) is 12.5. The number of nitrogens with zero attached hydrogens (tertiary/aromatic N) is 1. The summed E-state index contributed by atoms with van der Waals surface area (Å²) in [5, 5.41) is 6.64. The fourth-order valence-electron chi connectivity index (χ4n) is 2.21. The van der Waals surface area contributed by atoms with Crippen LogP contribution in [0.1, 0.15) is 47.6 Å². The van der Waals surface area contributed by atoms with Crippen molar-refractivity contribution in [2.24, 2.45) is 0 Å². The summed E-state index contributed by atoms with van der Waals surface area (Å²) in [6.45, 7) is 4.97. The third-order valence-electron chi connectivity index (χ3n) is 3.33. The molecule has 20 heavy (non-hydrogen) atoms. The van der Waals surface area contributed by atoms with Gasteiger partial charge in [-0.3, -0.25) is 0 Å². The van der Waals surface area contributed by atoms with Gasteiger partial charge in [-0.2, -0.15) is 0 Å². The molecule has 0 fully saturated rings. The number of methoxy groups -OCH3 is 1. The predicted octanol–water partition coefficient (Wildman–Crippen LogP) is 3.72. The van der Waals surface area contributed by atoms with E-state index in [1.54, 1.807) is 18.4 Å². The van der Waals surface area contributed by atoms with Gasteiger partial charge in [0.1, 0.15) is 5.01 Å². The Labute approximate surface area is 125 Å².